The highest BCUT2D eigenvalue weighted by molar-refractivity contribution is 7.99. The zero-order valence-electron chi connectivity index (χ0n) is 26.6. The van der Waals surface area contributed by atoms with Crippen LogP contribution in [0.15, 0.2) is 186 Å². The molecule has 2 heterocycles. The van der Waals surface area contributed by atoms with Crippen molar-refractivity contribution in [2.24, 2.45) is 0 Å². The van der Waals surface area contributed by atoms with E-state index in [-0.39, 0.29) is 0 Å². The molecule has 0 atom stereocenters. The van der Waals surface area contributed by atoms with Gasteiger partial charge in [0.05, 0.1) is 16.4 Å². The monoisotopic (exact) mass is 639 g/mol. The molecule has 1 nitrogen and oxygen atoms in total. The summed E-state index contributed by atoms with van der Waals surface area (Å²) in [6, 6.07) is 65.4. The van der Waals surface area contributed by atoms with Crippen molar-refractivity contribution in [3.63, 3.8) is 0 Å². The van der Waals surface area contributed by atoms with Gasteiger partial charge >= 0.3 is 0 Å². The molecule has 8 aromatic carbocycles. The summed E-state index contributed by atoms with van der Waals surface area (Å²) in [6.45, 7) is 0. The second-order valence-electron chi connectivity index (χ2n) is 13.2. The van der Waals surface area contributed by atoms with Crippen LogP contribution < -0.4 is 0 Å². The average molecular weight is 640 g/mol. The Morgan fingerprint density at radius 2 is 1.06 bits per heavy atom. The van der Waals surface area contributed by atoms with E-state index < -0.39 is 5.41 Å². The molecular formula is C47H29NS. The second kappa shape index (κ2) is 10.1. The normalized spacial score (nSPS) is 13.8. The molecule has 0 radical (unpaired) electrons. The first-order valence-electron chi connectivity index (χ1n) is 16.9. The molecule has 228 valence electrons. The Kier molecular flexibility index (Phi) is 5.59. The van der Waals surface area contributed by atoms with Gasteiger partial charge in [0, 0.05) is 26.3 Å². The highest BCUT2D eigenvalue weighted by atomic mass is 32.2. The molecule has 0 fully saturated rings. The average Bonchev–Trinajstić information content (AvgIpc) is 3.66. The number of hydrogen-bond donors (Lipinski definition) is 0. The fraction of sp³-hybridized carbons (Fsp3) is 0.0213. The lowest BCUT2D eigenvalue weighted by Gasteiger charge is -2.40. The van der Waals surface area contributed by atoms with Gasteiger partial charge in [0.25, 0.3) is 0 Å². The van der Waals surface area contributed by atoms with E-state index in [0.717, 1.165) is 0 Å². The third kappa shape index (κ3) is 3.62. The number of rotatable bonds is 2. The molecule has 11 rings (SSSR count). The van der Waals surface area contributed by atoms with Crippen LogP contribution in [0.5, 0.6) is 0 Å². The lowest BCUT2D eigenvalue weighted by atomic mass is 9.67. The Balaban J connectivity index is 1.20. The van der Waals surface area contributed by atoms with E-state index in [9.17, 15) is 0 Å². The maximum Gasteiger partial charge on any atom is 0.0736 e. The maximum atomic E-state index is 2.51. The van der Waals surface area contributed by atoms with Crippen LogP contribution in [0.2, 0.25) is 0 Å². The van der Waals surface area contributed by atoms with Crippen LogP contribution in [0.3, 0.4) is 0 Å². The SMILES string of the molecule is c1ccc2c(c1)Sc1c(ccc3c4ccccc4n(-c4ccc(-c5ccc6ccccc6c5)cc4)c13)C21c2ccccc2-c2ccccc21. The zero-order chi connectivity index (χ0) is 32.1. The van der Waals surface area contributed by atoms with Crippen LogP contribution >= 0.6 is 11.8 Å². The number of fused-ring (bicyclic) bond motifs is 14. The van der Waals surface area contributed by atoms with Crippen LogP contribution in [0.4, 0.5) is 0 Å². The van der Waals surface area contributed by atoms with E-state index in [1.165, 1.54) is 92.6 Å². The van der Waals surface area contributed by atoms with E-state index in [1.54, 1.807) is 0 Å². The molecule has 49 heavy (non-hydrogen) atoms. The van der Waals surface area contributed by atoms with Gasteiger partial charge < -0.3 is 4.57 Å². The van der Waals surface area contributed by atoms with E-state index in [0.29, 0.717) is 0 Å². The van der Waals surface area contributed by atoms with Gasteiger partial charge in [-0.1, -0.05) is 157 Å². The Morgan fingerprint density at radius 3 is 1.86 bits per heavy atom. The van der Waals surface area contributed by atoms with E-state index in [1.807, 2.05) is 11.8 Å². The highest BCUT2D eigenvalue weighted by Gasteiger charge is 2.50. The quantitative estimate of drug-likeness (QED) is 0.182. The summed E-state index contributed by atoms with van der Waals surface area (Å²) in [5.41, 5.74) is 13.8. The van der Waals surface area contributed by atoms with Crippen LogP contribution in [-0.4, -0.2) is 4.57 Å². The summed E-state index contributed by atoms with van der Waals surface area (Å²) in [5.74, 6) is 0. The van der Waals surface area contributed by atoms with E-state index in [4.69, 9.17) is 0 Å². The Morgan fingerprint density at radius 1 is 0.429 bits per heavy atom. The first kappa shape index (κ1) is 27.2. The summed E-state index contributed by atoms with van der Waals surface area (Å²) in [7, 11) is 0. The predicted octanol–water partition coefficient (Wildman–Crippen LogP) is 12.4. The first-order valence-corrected chi connectivity index (χ1v) is 17.8. The molecule has 2 aliphatic rings. The van der Waals surface area contributed by atoms with Crippen molar-refractivity contribution in [2.75, 3.05) is 0 Å². The molecule has 2 heteroatoms. The molecule has 1 spiro atoms. The molecule has 0 bridgehead atoms. The molecule has 9 aromatic rings. The van der Waals surface area contributed by atoms with Crippen molar-refractivity contribution in [1.82, 2.24) is 4.57 Å². The van der Waals surface area contributed by atoms with E-state index in [2.05, 4.69) is 180 Å². The predicted molar refractivity (Wildman–Crippen MR) is 205 cm³/mol. The number of aromatic nitrogens is 1. The molecule has 0 amide bonds. The van der Waals surface area contributed by atoms with Crippen LogP contribution in [-0.2, 0) is 5.41 Å². The van der Waals surface area contributed by atoms with E-state index >= 15 is 0 Å². The Hall–Kier alpha value is -5.83. The van der Waals surface area contributed by atoms with Gasteiger partial charge in [-0.3, -0.25) is 0 Å². The molecule has 1 aromatic heterocycles. The van der Waals surface area contributed by atoms with Crippen LogP contribution in [0.25, 0.3) is 60.5 Å². The number of para-hydroxylation sites is 1. The van der Waals surface area contributed by atoms with Crippen molar-refractivity contribution in [1.29, 1.82) is 0 Å². The van der Waals surface area contributed by atoms with Crippen molar-refractivity contribution in [3.8, 4) is 27.9 Å². The number of benzene rings is 8. The summed E-state index contributed by atoms with van der Waals surface area (Å²) < 4.78 is 2.51. The lowest BCUT2D eigenvalue weighted by molar-refractivity contribution is 0.724. The van der Waals surface area contributed by atoms with Gasteiger partial charge in [-0.15, -0.1) is 0 Å². The van der Waals surface area contributed by atoms with Crippen molar-refractivity contribution < 1.29 is 0 Å². The van der Waals surface area contributed by atoms with Gasteiger partial charge in [-0.25, -0.2) is 0 Å². The third-order valence-electron chi connectivity index (χ3n) is 10.9. The minimum atomic E-state index is -0.403. The minimum Gasteiger partial charge on any atom is -0.308 e. The fourth-order valence-corrected chi connectivity index (χ4v) is 10.1. The highest BCUT2D eigenvalue weighted by Crippen LogP contribution is 2.63. The Bertz CT molecular complexity index is 2760. The van der Waals surface area contributed by atoms with Gasteiger partial charge in [-0.05, 0) is 85.6 Å². The summed E-state index contributed by atoms with van der Waals surface area (Å²) in [6.07, 6.45) is 0. The maximum absolute atomic E-state index is 2.51. The second-order valence-corrected chi connectivity index (χ2v) is 14.3. The molecule has 0 saturated carbocycles. The largest absolute Gasteiger partial charge is 0.308 e. The van der Waals surface area contributed by atoms with Crippen LogP contribution in [0, 0.1) is 0 Å². The molecule has 1 aliphatic heterocycles. The van der Waals surface area contributed by atoms with Crippen molar-refractivity contribution in [2.45, 2.75) is 15.2 Å². The number of hydrogen-bond acceptors (Lipinski definition) is 1. The lowest BCUT2D eigenvalue weighted by Crippen LogP contribution is -2.32. The molecule has 0 N–H and O–H groups in total. The molecular weight excluding hydrogens is 611 g/mol. The van der Waals surface area contributed by atoms with Gasteiger partial charge in [0.2, 0.25) is 0 Å². The molecule has 0 unspecified atom stereocenters. The topological polar surface area (TPSA) is 4.93 Å². The van der Waals surface area contributed by atoms with Gasteiger partial charge in [0.1, 0.15) is 0 Å². The standard InChI is InChI=1S/C47H29NS/c1-2-12-32-29-33(22-21-30(32)11-1)31-23-25-34(26-24-31)48-43-19-9-5-15-37(43)38-27-28-42-46(45(38)48)49-44-20-10-8-18-41(44)47(42)39-16-6-3-13-35(39)36-14-4-7-17-40(36)47/h1-29H. The first-order chi connectivity index (χ1) is 24.3. The van der Waals surface area contributed by atoms with Gasteiger partial charge in [0.15, 0.2) is 0 Å². The smallest absolute Gasteiger partial charge is 0.0736 e. The Labute approximate surface area is 289 Å². The van der Waals surface area contributed by atoms with Gasteiger partial charge in [-0.2, -0.15) is 0 Å². The zero-order valence-corrected chi connectivity index (χ0v) is 27.4. The summed E-state index contributed by atoms with van der Waals surface area (Å²) in [5, 5.41) is 5.09. The summed E-state index contributed by atoms with van der Waals surface area (Å²) in [4.78, 5) is 2.65. The summed E-state index contributed by atoms with van der Waals surface area (Å²) >= 11 is 1.93. The van der Waals surface area contributed by atoms with Crippen LogP contribution in [0.1, 0.15) is 22.3 Å². The van der Waals surface area contributed by atoms with Crippen molar-refractivity contribution >= 4 is 44.3 Å². The number of nitrogens with zero attached hydrogens (tertiary/aromatic N) is 1. The van der Waals surface area contributed by atoms with Crippen molar-refractivity contribution in [3.05, 3.63) is 198 Å². The minimum absolute atomic E-state index is 0.403. The molecule has 1 aliphatic carbocycles. The fourth-order valence-electron chi connectivity index (χ4n) is 8.80. The molecule has 0 saturated heterocycles. The third-order valence-corrected chi connectivity index (χ3v) is 12.1.